The molecule has 0 aliphatic carbocycles. The van der Waals surface area contributed by atoms with Gasteiger partial charge in [-0.15, -0.1) is 0 Å². The predicted molar refractivity (Wildman–Crippen MR) is 92.9 cm³/mol. The van der Waals surface area contributed by atoms with Crippen LogP contribution < -0.4 is 5.14 Å². The fourth-order valence-corrected chi connectivity index (χ4v) is 3.81. The van der Waals surface area contributed by atoms with Crippen LogP contribution in [0.5, 0.6) is 0 Å². The standard InChI is InChI=1S/C14H20BrNO11S/c1-6(17)23-5-10-11(24-7(2)18)12(25-8(3)19)13(26-9(4)20)14(15,27-10)28(16,21)22/h10-13H,5H2,1-4H3,(H2,16,21,22). The van der Waals surface area contributed by atoms with E-state index in [2.05, 4.69) is 15.9 Å². The minimum atomic E-state index is -4.67. The molecule has 0 bridgehead atoms. The van der Waals surface area contributed by atoms with E-state index >= 15 is 0 Å². The van der Waals surface area contributed by atoms with E-state index in [4.69, 9.17) is 28.8 Å². The van der Waals surface area contributed by atoms with Crippen molar-refractivity contribution in [2.75, 3.05) is 6.61 Å². The number of hydrogen-bond donors (Lipinski definition) is 1. The summed E-state index contributed by atoms with van der Waals surface area (Å²) in [6, 6.07) is 0. The van der Waals surface area contributed by atoms with Crippen molar-refractivity contribution in [2.24, 2.45) is 5.14 Å². The summed E-state index contributed by atoms with van der Waals surface area (Å²) in [4.78, 5) is 45.8. The van der Waals surface area contributed by atoms with E-state index in [1.165, 1.54) is 0 Å². The Morgan fingerprint density at radius 3 is 1.79 bits per heavy atom. The molecule has 0 amide bonds. The molecular weight excluding hydrogens is 470 g/mol. The van der Waals surface area contributed by atoms with E-state index in [1.54, 1.807) is 0 Å². The fraction of sp³-hybridized carbons (Fsp3) is 0.714. The maximum atomic E-state index is 12.2. The van der Waals surface area contributed by atoms with E-state index in [0.29, 0.717) is 0 Å². The van der Waals surface area contributed by atoms with E-state index in [1.807, 2.05) is 0 Å². The van der Waals surface area contributed by atoms with Gasteiger partial charge in [-0.1, -0.05) is 0 Å². The Balaban J connectivity index is 3.55. The van der Waals surface area contributed by atoms with Crippen molar-refractivity contribution in [3.63, 3.8) is 0 Å². The second-order valence-corrected chi connectivity index (χ2v) is 9.16. The van der Waals surface area contributed by atoms with Crippen LogP contribution in [0.1, 0.15) is 27.7 Å². The van der Waals surface area contributed by atoms with Gasteiger partial charge in [-0.2, -0.15) is 0 Å². The number of rotatable bonds is 6. The number of hydrogen-bond acceptors (Lipinski definition) is 11. The molecule has 1 aliphatic heterocycles. The summed E-state index contributed by atoms with van der Waals surface area (Å²) in [7, 11) is -4.67. The first kappa shape index (κ1) is 24.3. The molecule has 0 saturated carbocycles. The summed E-state index contributed by atoms with van der Waals surface area (Å²) in [5.41, 5.74) is 0. The number of primary sulfonamides is 1. The van der Waals surface area contributed by atoms with Gasteiger partial charge in [0.1, 0.15) is 12.7 Å². The molecule has 160 valence electrons. The average molecular weight is 490 g/mol. The zero-order chi connectivity index (χ0) is 21.9. The van der Waals surface area contributed by atoms with Crippen LogP contribution in [0.3, 0.4) is 0 Å². The van der Waals surface area contributed by atoms with Crippen molar-refractivity contribution in [1.82, 2.24) is 0 Å². The molecular formula is C14H20BrNO11S. The van der Waals surface area contributed by atoms with Crippen molar-refractivity contribution in [2.45, 2.75) is 56.0 Å². The zero-order valence-corrected chi connectivity index (χ0v) is 17.8. The minimum absolute atomic E-state index is 0.583. The predicted octanol–water partition coefficient (Wildman–Crippen LogP) is -0.919. The van der Waals surface area contributed by atoms with Gasteiger partial charge in [-0.25, -0.2) is 13.6 Å². The second-order valence-electron chi connectivity index (χ2n) is 5.76. The zero-order valence-electron chi connectivity index (χ0n) is 15.4. The molecule has 1 aliphatic rings. The Kier molecular flexibility index (Phi) is 7.93. The van der Waals surface area contributed by atoms with Crippen LogP contribution in [0, 0.1) is 0 Å². The van der Waals surface area contributed by atoms with Crippen molar-refractivity contribution in [3.05, 3.63) is 0 Å². The van der Waals surface area contributed by atoms with Crippen molar-refractivity contribution < 1.29 is 51.3 Å². The van der Waals surface area contributed by atoms with Crippen LogP contribution in [-0.2, 0) is 52.9 Å². The molecule has 0 aromatic heterocycles. The number of alkyl halides is 1. The van der Waals surface area contributed by atoms with E-state index < -0.39 is 68.8 Å². The summed E-state index contributed by atoms with van der Waals surface area (Å²) < 4.78 is 47.2. The lowest BCUT2D eigenvalue weighted by molar-refractivity contribution is -0.244. The number of halogens is 1. The minimum Gasteiger partial charge on any atom is -0.463 e. The Hall–Kier alpha value is -1.77. The van der Waals surface area contributed by atoms with Gasteiger partial charge in [-0.3, -0.25) is 19.2 Å². The molecule has 0 spiro atoms. The van der Waals surface area contributed by atoms with Crippen molar-refractivity contribution in [1.29, 1.82) is 0 Å². The summed E-state index contributed by atoms with van der Waals surface area (Å²) in [5, 5.41) is 5.22. The normalized spacial score (nSPS) is 30.1. The van der Waals surface area contributed by atoms with Gasteiger partial charge in [0.2, 0.25) is 0 Å². The third kappa shape index (κ3) is 5.86. The van der Waals surface area contributed by atoms with Crippen molar-refractivity contribution in [3.8, 4) is 0 Å². The number of carbonyl (C=O) groups excluding carboxylic acids is 4. The molecule has 12 nitrogen and oxygen atoms in total. The number of ether oxygens (including phenoxy) is 5. The lowest BCUT2D eigenvalue weighted by Crippen LogP contribution is -2.69. The Labute approximate surface area is 169 Å². The van der Waals surface area contributed by atoms with Gasteiger partial charge in [0.05, 0.1) is 0 Å². The molecule has 2 N–H and O–H groups in total. The lowest BCUT2D eigenvalue weighted by atomic mass is 9.99. The molecule has 1 fully saturated rings. The fourth-order valence-electron chi connectivity index (χ4n) is 2.45. The third-order valence-electron chi connectivity index (χ3n) is 3.38. The van der Waals surface area contributed by atoms with E-state index in [0.717, 1.165) is 27.7 Å². The number of nitrogens with two attached hydrogens (primary N) is 1. The molecule has 5 unspecified atom stereocenters. The summed E-state index contributed by atoms with van der Waals surface area (Å²) >= 11 is 2.80. The maximum absolute atomic E-state index is 12.2. The molecule has 5 atom stereocenters. The Morgan fingerprint density at radius 2 is 1.39 bits per heavy atom. The van der Waals surface area contributed by atoms with Gasteiger partial charge in [0.15, 0.2) is 18.3 Å². The van der Waals surface area contributed by atoms with E-state index in [9.17, 15) is 27.6 Å². The number of carbonyl (C=O) groups is 4. The van der Waals surface area contributed by atoms with Crippen LogP contribution in [0.4, 0.5) is 0 Å². The Morgan fingerprint density at radius 1 is 0.929 bits per heavy atom. The van der Waals surface area contributed by atoms with Gasteiger partial charge in [-0.05, 0) is 15.9 Å². The molecule has 1 rings (SSSR count). The highest BCUT2D eigenvalue weighted by Gasteiger charge is 2.64. The first-order valence-corrected chi connectivity index (χ1v) is 10.1. The smallest absolute Gasteiger partial charge is 0.303 e. The maximum Gasteiger partial charge on any atom is 0.303 e. The largest absolute Gasteiger partial charge is 0.463 e. The van der Waals surface area contributed by atoms with Gasteiger partial charge < -0.3 is 23.7 Å². The molecule has 14 heteroatoms. The summed E-state index contributed by atoms with van der Waals surface area (Å²) in [5.74, 6) is -3.46. The monoisotopic (exact) mass is 489 g/mol. The number of sulfonamides is 1. The summed E-state index contributed by atoms with van der Waals surface area (Å²) in [6.45, 7) is 3.49. The van der Waals surface area contributed by atoms with Crippen LogP contribution in [0.15, 0.2) is 0 Å². The Bertz CT molecular complexity index is 754. The van der Waals surface area contributed by atoms with Crippen molar-refractivity contribution >= 4 is 49.8 Å². The summed E-state index contributed by atoms with van der Waals surface area (Å²) in [6.07, 6.45) is -6.45. The molecule has 1 heterocycles. The topological polar surface area (TPSA) is 175 Å². The highest BCUT2D eigenvalue weighted by atomic mass is 79.9. The third-order valence-corrected chi connectivity index (χ3v) is 6.47. The average Bonchev–Trinajstić information content (AvgIpc) is 2.49. The second kappa shape index (κ2) is 9.15. The van der Waals surface area contributed by atoms with Crippen LogP contribution in [0.25, 0.3) is 0 Å². The first-order valence-electron chi connectivity index (χ1n) is 7.73. The molecule has 0 aromatic rings. The molecule has 0 radical (unpaired) electrons. The first-order chi connectivity index (χ1) is 12.7. The molecule has 1 saturated heterocycles. The SMILES string of the molecule is CC(=O)OCC1OC(Br)(S(N)(=O)=O)C(OC(C)=O)C(OC(C)=O)C1OC(C)=O. The highest BCUT2D eigenvalue weighted by molar-refractivity contribution is 9.11. The van der Waals surface area contributed by atoms with Gasteiger partial charge >= 0.3 is 23.9 Å². The lowest BCUT2D eigenvalue weighted by Gasteiger charge is -2.47. The quantitative estimate of drug-likeness (QED) is 0.277. The highest BCUT2D eigenvalue weighted by Crippen LogP contribution is 2.42. The van der Waals surface area contributed by atoms with Crippen LogP contribution in [0.2, 0.25) is 0 Å². The van der Waals surface area contributed by atoms with Gasteiger partial charge in [0.25, 0.3) is 13.9 Å². The number of esters is 4. The van der Waals surface area contributed by atoms with Crippen LogP contribution >= 0.6 is 15.9 Å². The molecule has 28 heavy (non-hydrogen) atoms. The van der Waals surface area contributed by atoms with E-state index in [-0.39, 0.29) is 0 Å². The van der Waals surface area contributed by atoms with Crippen LogP contribution in [-0.4, -0.2) is 67.2 Å². The van der Waals surface area contributed by atoms with Gasteiger partial charge in [0, 0.05) is 27.7 Å². The molecule has 0 aromatic carbocycles.